The van der Waals surface area contributed by atoms with Gasteiger partial charge in [-0.25, -0.2) is 9.97 Å². The molecule has 2 heterocycles. The zero-order chi connectivity index (χ0) is 35.1. The van der Waals surface area contributed by atoms with Crippen molar-refractivity contribution in [3.8, 4) is 67.2 Å². The molecule has 0 aliphatic heterocycles. The van der Waals surface area contributed by atoms with Gasteiger partial charge < -0.3 is 4.42 Å². The zero-order valence-electron chi connectivity index (χ0n) is 28.8. The quantitative estimate of drug-likeness (QED) is 0.176. The van der Waals surface area contributed by atoms with Gasteiger partial charge >= 0.3 is 0 Å². The first-order valence-corrected chi connectivity index (χ1v) is 17.9. The number of fused-ring (bicyclic) bond motifs is 4. The van der Waals surface area contributed by atoms with Gasteiger partial charge in [0.15, 0.2) is 11.4 Å². The molecule has 0 spiro atoms. The molecule has 10 aromatic rings. The van der Waals surface area contributed by atoms with E-state index in [1.807, 2.05) is 18.2 Å². The second kappa shape index (κ2) is 12.9. The van der Waals surface area contributed by atoms with E-state index in [2.05, 4.69) is 176 Å². The number of nitrogens with zero attached hydrogens (tertiary/aromatic N) is 2. The van der Waals surface area contributed by atoms with Gasteiger partial charge in [0.25, 0.3) is 0 Å². The number of rotatable bonds is 6. The second-order valence-electron chi connectivity index (χ2n) is 13.4. The Morgan fingerprint density at radius 3 is 1.36 bits per heavy atom. The maximum absolute atomic E-state index is 6.53. The number of hydrogen-bond donors (Lipinski definition) is 0. The molecule has 8 aromatic carbocycles. The third kappa shape index (κ3) is 5.75. The average molecular weight is 677 g/mol. The van der Waals surface area contributed by atoms with Crippen molar-refractivity contribution in [1.29, 1.82) is 0 Å². The van der Waals surface area contributed by atoms with Crippen LogP contribution in [0.4, 0.5) is 0 Å². The Kier molecular flexibility index (Phi) is 7.47. The monoisotopic (exact) mass is 676 g/mol. The third-order valence-electron chi connectivity index (χ3n) is 10.0. The molecule has 0 fully saturated rings. The molecule has 248 valence electrons. The van der Waals surface area contributed by atoms with Crippen molar-refractivity contribution < 1.29 is 4.42 Å². The van der Waals surface area contributed by atoms with Gasteiger partial charge in [0, 0.05) is 16.5 Å². The predicted octanol–water partition coefficient (Wildman–Crippen LogP) is 13.5. The molecule has 2 aromatic heterocycles. The molecule has 3 nitrogen and oxygen atoms in total. The maximum Gasteiger partial charge on any atom is 0.180 e. The Morgan fingerprint density at radius 2 is 0.755 bits per heavy atom. The average Bonchev–Trinajstić information content (AvgIpc) is 3.60. The summed E-state index contributed by atoms with van der Waals surface area (Å²) in [6, 6.07) is 68.3. The molecule has 0 bridgehead atoms. The lowest BCUT2D eigenvalue weighted by atomic mass is 9.92. The number of benzene rings is 8. The molecule has 0 N–H and O–H groups in total. The zero-order valence-corrected chi connectivity index (χ0v) is 28.8. The van der Waals surface area contributed by atoms with Crippen LogP contribution in [-0.4, -0.2) is 9.97 Å². The number of hydrogen-bond acceptors (Lipinski definition) is 3. The van der Waals surface area contributed by atoms with Gasteiger partial charge in [-0.1, -0.05) is 152 Å². The highest BCUT2D eigenvalue weighted by Crippen LogP contribution is 2.39. The van der Waals surface area contributed by atoms with Crippen LogP contribution in [0.25, 0.3) is 100.0 Å². The van der Waals surface area contributed by atoms with Gasteiger partial charge in [-0.05, 0) is 97.7 Å². The fourth-order valence-corrected chi connectivity index (χ4v) is 7.35. The Bertz CT molecular complexity index is 2870. The molecule has 0 atom stereocenters. The van der Waals surface area contributed by atoms with Crippen LogP contribution in [0.15, 0.2) is 199 Å². The summed E-state index contributed by atoms with van der Waals surface area (Å²) in [6.45, 7) is 0. The van der Waals surface area contributed by atoms with Gasteiger partial charge in [0.2, 0.25) is 0 Å². The molecular formula is C50H32N2O. The highest BCUT2D eigenvalue weighted by atomic mass is 16.3. The van der Waals surface area contributed by atoms with Crippen LogP contribution >= 0.6 is 0 Å². The van der Waals surface area contributed by atoms with E-state index >= 15 is 0 Å². The first-order valence-electron chi connectivity index (χ1n) is 17.9. The van der Waals surface area contributed by atoms with E-state index in [1.54, 1.807) is 0 Å². The fourth-order valence-electron chi connectivity index (χ4n) is 7.35. The predicted molar refractivity (Wildman–Crippen MR) is 219 cm³/mol. The van der Waals surface area contributed by atoms with Crippen molar-refractivity contribution in [1.82, 2.24) is 9.97 Å². The molecule has 0 radical (unpaired) electrons. The molecule has 0 aliphatic rings. The van der Waals surface area contributed by atoms with Crippen LogP contribution in [0.2, 0.25) is 0 Å². The lowest BCUT2D eigenvalue weighted by Gasteiger charge is -2.13. The first-order chi connectivity index (χ1) is 26.2. The van der Waals surface area contributed by atoms with E-state index in [4.69, 9.17) is 14.4 Å². The SMILES string of the molecule is c1ccc(-c2cc(-c3ccccc3)cc(-c3cccc(-c4cccc(-c5nc(-c6ccccc6)c6oc7cc8ccccc8cc7c6n5)c4)c3)c2)cc1. The molecule has 0 amide bonds. The van der Waals surface area contributed by atoms with Gasteiger partial charge in [-0.3, -0.25) is 0 Å². The van der Waals surface area contributed by atoms with E-state index in [-0.39, 0.29) is 0 Å². The second-order valence-corrected chi connectivity index (χ2v) is 13.4. The molecular weight excluding hydrogens is 645 g/mol. The fraction of sp³-hybridized carbons (Fsp3) is 0. The normalized spacial score (nSPS) is 11.4. The van der Waals surface area contributed by atoms with E-state index < -0.39 is 0 Å². The minimum absolute atomic E-state index is 0.660. The molecule has 53 heavy (non-hydrogen) atoms. The van der Waals surface area contributed by atoms with Crippen molar-refractivity contribution in [2.24, 2.45) is 0 Å². The summed E-state index contributed by atoms with van der Waals surface area (Å²) in [6.07, 6.45) is 0. The van der Waals surface area contributed by atoms with Gasteiger partial charge in [-0.15, -0.1) is 0 Å². The van der Waals surface area contributed by atoms with Crippen molar-refractivity contribution in [2.75, 3.05) is 0 Å². The Hall–Kier alpha value is -7.10. The topological polar surface area (TPSA) is 38.9 Å². The van der Waals surface area contributed by atoms with Crippen LogP contribution in [0.1, 0.15) is 0 Å². The number of aromatic nitrogens is 2. The summed E-state index contributed by atoms with van der Waals surface area (Å²) < 4.78 is 6.53. The van der Waals surface area contributed by atoms with E-state index in [9.17, 15) is 0 Å². The Morgan fingerprint density at radius 1 is 0.321 bits per heavy atom. The number of furan rings is 1. The highest BCUT2D eigenvalue weighted by Gasteiger charge is 2.19. The molecule has 0 saturated heterocycles. The van der Waals surface area contributed by atoms with Gasteiger partial charge in [0.05, 0.1) is 0 Å². The minimum Gasteiger partial charge on any atom is -0.452 e. The van der Waals surface area contributed by atoms with Crippen molar-refractivity contribution in [3.63, 3.8) is 0 Å². The van der Waals surface area contributed by atoms with Gasteiger partial charge in [0.1, 0.15) is 16.8 Å². The lowest BCUT2D eigenvalue weighted by Crippen LogP contribution is -1.94. The van der Waals surface area contributed by atoms with Crippen molar-refractivity contribution in [3.05, 3.63) is 194 Å². The largest absolute Gasteiger partial charge is 0.452 e. The highest BCUT2D eigenvalue weighted by molar-refractivity contribution is 6.11. The van der Waals surface area contributed by atoms with Gasteiger partial charge in [-0.2, -0.15) is 0 Å². The standard InChI is InChI=1S/C50H32N2O/c1-4-14-33(15-5-1)42-28-43(34-16-6-2-7-17-34)30-44(29-42)38-24-12-22-36(26-38)37-23-13-25-41(27-37)50-51-47(35-18-8-3-9-19-35)49-48(52-50)45-31-39-20-10-11-21-40(39)32-46(45)53-49/h1-32H. The smallest absolute Gasteiger partial charge is 0.180 e. The first kappa shape index (κ1) is 30.7. The van der Waals surface area contributed by atoms with E-state index in [0.29, 0.717) is 11.4 Å². The lowest BCUT2D eigenvalue weighted by molar-refractivity contribution is 0.668. The minimum atomic E-state index is 0.660. The summed E-state index contributed by atoms with van der Waals surface area (Å²) in [5, 5.41) is 3.26. The molecule has 10 rings (SSSR count). The summed E-state index contributed by atoms with van der Waals surface area (Å²) in [7, 11) is 0. The third-order valence-corrected chi connectivity index (χ3v) is 10.0. The van der Waals surface area contributed by atoms with Crippen LogP contribution < -0.4 is 0 Å². The van der Waals surface area contributed by atoms with Crippen LogP contribution in [0, 0.1) is 0 Å². The Balaban J connectivity index is 1.10. The van der Waals surface area contributed by atoms with Crippen molar-refractivity contribution >= 4 is 32.8 Å². The summed E-state index contributed by atoms with van der Waals surface area (Å²) in [5.74, 6) is 0.660. The molecule has 0 aliphatic carbocycles. The molecule has 0 saturated carbocycles. The van der Waals surface area contributed by atoms with Crippen LogP contribution in [-0.2, 0) is 0 Å². The van der Waals surface area contributed by atoms with Crippen LogP contribution in [0.5, 0.6) is 0 Å². The van der Waals surface area contributed by atoms with Crippen LogP contribution in [0.3, 0.4) is 0 Å². The molecule has 3 heteroatoms. The Labute approximate surface area is 307 Å². The summed E-state index contributed by atoms with van der Waals surface area (Å²) in [5.41, 5.74) is 14.4. The molecule has 0 unspecified atom stereocenters. The van der Waals surface area contributed by atoms with E-state index in [0.717, 1.165) is 60.8 Å². The van der Waals surface area contributed by atoms with Crippen molar-refractivity contribution in [2.45, 2.75) is 0 Å². The summed E-state index contributed by atoms with van der Waals surface area (Å²) >= 11 is 0. The van der Waals surface area contributed by atoms with E-state index in [1.165, 1.54) is 27.8 Å². The maximum atomic E-state index is 6.53. The summed E-state index contributed by atoms with van der Waals surface area (Å²) in [4.78, 5) is 10.4.